The van der Waals surface area contributed by atoms with E-state index in [-0.39, 0.29) is 0 Å². The van der Waals surface area contributed by atoms with Crippen LogP contribution in [0.4, 0.5) is 5.69 Å². The number of hydrogen-bond donors (Lipinski definition) is 0. The first-order valence-electron chi connectivity index (χ1n) is 8.00. The highest BCUT2D eigenvalue weighted by Gasteiger charge is 2.20. The minimum atomic E-state index is 0.594. The fourth-order valence-corrected chi connectivity index (χ4v) is 3.80. The highest BCUT2D eigenvalue weighted by Crippen LogP contribution is 2.28. The molecule has 8 heteroatoms. The van der Waals surface area contributed by atoms with Gasteiger partial charge < -0.3 is 9.64 Å². The van der Waals surface area contributed by atoms with E-state index in [4.69, 9.17) is 16.3 Å². The van der Waals surface area contributed by atoms with Gasteiger partial charge in [0.2, 0.25) is 5.16 Å². The number of thioether (sulfide) groups is 1. The van der Waals surface area contributed by atoms with Crippen molar-refractivity contribution in [2.24, 2.45) is 5.10 Å². The van der Waals surface area contributed by atoms with Crippen LogP contribution in [0.2, 0.25) is 5.02 Å². The van der Waals surface area contributed by atoms with Crippen molar-refractivity contribution >= 4 is 35.4 Å². The molecular formula is C18H16ClN5OS. The second-order valence-electron chi connectivity index (χ2n) is 5.65. The van der Waals surface area contributed by atoms with E-state index in [2.05, 4.69) is 15.3 Å². The molecule has 0 unspecified atom stereocenters. The Morgan fingerprint density at radius 2 is 2.04 bits per heavy atom. The van der Waals surface area contributed by atoms with Crippen molar-refractivity contribution in [2.45, 2.75) is 17.5 Å². The average Bonchev–Trinajstić information content (AvgIpc) is 3.09. The number of aromatic nitrogens is 3. The zero-order chi connectivity index (χ0) is 17.9. The van der Waals surface area contributed by atoms with Gasteiger partial charge in [-0.15, -0.1) is 10.2 Å². The third-order valence-corrected chi connectivity index (χ3v) is 5.33. The molecule has 0 spiro atoms. The molecule has 0 amide bonds. The highest BCUT2D eigenvalue weighted by molar-refractivity contribution is 7.98. The smallest absolute Gasteiger partial charge is 0.212 e. The molecule has 3 aromatic rings. The van der Waals surface area contributed by atoms with Crippen LogP contribution in [-0.4, -0.2) is 28.3 Å². The third kappa shape index (κ3) is 3.40. The Labute approximate surface area is 160 Å². The summed E-state index contributed by atoms with van der Waals surface area (Å²) in [5.74, 6) is 2.31. The molecule has 26 heavy (non-hydrogen) atoms. The van der Waals surface area contributed by atoms with Crippen molar-refractivity contribution in [3.63, 3.8) is 0 Å². The van der Waals surface area contributed by atoms with Gasteiger partial charge in [0.05, 0.1) is 13.7 Å². The lowest BCUT2D eigenvalue weighted by atomic mass is 10.2. The van der Waals surface area contributed by atoms with E-state index in [0.717, 1.165) is 33.0 Å². The van der Waals surface area contributed by atoms with Crippen molar-refractivity contribution < 1.29 is 4.74 Å². The molecule has 0 bridgehead atoms. The molecule has 0 radical (unpaired) electrons. The fraction of sp³-hybridized carbons (Fsp3) is 0.167. The molecule has 1 aromatic heterocycles. The Hall–Kier alpha value is -2.51. The van der Waals surface area contributed by atoms with E-state index in [1.807, 2.05) is 53.4 Å². The molecule has 1 aliphatic heterocycles. The molecule has 6 nitrogen and oxygen atoms in total. The normalized spacial score (nSPS) is 12.9. The van der Waals surface area contributed by atoms with Crippen LogP contribution in [0.5, 0.6) is 5.75 Å². The van der Waals surface area contributed by atoms with Gasteiger partial charge in [-0.05, 0) is 23.8 Å². The zero-order valence-corrected chi connectivity index (χ0v) is 15.6. The SMILES string of the molecule is COc1cccc(N2C=Nn3c(nnc3SCc3ccccc3Cl)C2)c1. The summed E-state index contributed by atoms with van der Waals surface area (Å²) in [5.41, 5.74) is 2.06. The van der Waals surface area contributed by atoms with Gasteiger partial charge in [-0.1, -0.05) is 47.6 Å². The second-order valence-corrected chi connectivity index (χ2v) is 7.00. The molecule has 2 heterocycles. The predicted molar refractivity (Wildman–Crippen MR) is 104 cm³/mol. The summed E-state index contributed by atoms with van der Waals surface area (Å²) in [5, 5.41) is 14.6. The van der Waals surface area contributed by atoms with Gasteiger partial charge in [0.25, 0.3) is 0 Å². The van der Waals surface area contributed by atoms with Crippen LogP contribution in [0.15, 0.2) is 58.8 Å². The first-order valence-corrected chi connectivity index (χ1v) is 9.36. The maximum absolute atomic E-state index is 6.22. The van der Waals surface area contributed by atoms with Gasteiger partial charge in [-0.3, -0.25) is 0 Å². The van der Waals surface area contributed by atoms with Crippen LogP contribution in [0.25, 0.3) is 0 Å². The maximum Gasteiger partial charge on any atom is 0.212 e. The number of rotatable bonds is 5. The van der Waals surface area contributed by atoms with Gasteiger partial charge in [-0.2, -0.15) is 9.78 Å². The second kappa shape index (κ2) is 7.39. The summed E-state index contributed by atoms with van der Waals surface area (Å²) in [7, 11) is 1.66. The lowest BCUT2D eigenvalue weighted by molar-refractivity contribution is 0.415. The van der Waals surface area contributed by atoms with Crippen LogP contribution >= 0.6 is 23.4 Å². The van der Waals surface area contributed by atoms with Crippen molar-refractivity contribution in [1.82, 2.24) is 14.9 Å². The monoisotopic (exact) mass is 385 g/mol. The van der Waals surface area contributed by atoms with Crippen molar-refractivity contribution in [2.75, 3.05) is 12.0 Å². The largest absolute Gasteiger partial charge is 0.497 e. The molecule has 0 saturated heterocycles. The fourth-order valence-electron chi connectivity index (χ4n) is 2.61. The number of methoxy groups -OCH3 is 1. The number of ether oxygens (including phenoxy) is 1. The number of fused-ring (bicyclic) bond motifs is 1. The summed E-state index contributed by atoms with van der Waals surface area (Å²) in [4.78, 5) is 2.01. The van der Waals surface area contributed by atoms with Gasteiger partial charge in [-0.25, -0.2) is 0 Å². The predicted octanol–water partition coefficient (Wildman–Crippen LogP) is 4.04. The minimum absolute atomic E-state index is 0.594. The highest BCUT2D eigenvalue weighted by atomic mass is 35.5. The summed E-state index contributed by atoms with van der Waals surface area (Å²) in [6.45, 7) is 0.594. The van der Waals surface area contributed by atoms with Gasteiger partial charge in [0.1, 0.15) is 12.1 Å². The van der Waals surface area contributed by atoms with E-state index in [1.165, 1.54) is 0 Å². The van der Waals surface area contributed by atoms with Crippen LogP contribution in [0.1, 0.15) is 11.4 Å². The van der Waals surface area contributed by atoms with Crippen LogP contribution in [0, 0.1) is 0 Å². The molecule has 132 valence electrons. The van der Waals surface area contributed by atoms with Crippen LogP contribution in [-0.2, 0) is 12.3 Å². The summed E-state index contributed by atoms with van der Waals surface area (Å²) in [6.07, 6.45) is 1.78. The van der Waals surface area contributed by atoms with Crippen molar-refractivity contribution in [1.29, 1.82) is 0 Å². The topological polar surface area (TPSA) is 55.5 Å². The lowest BCUT2D eigenvalue weighted by Crippen LogP contribution is -2.27. The number of anilines is 1. The first kappa shape index (κ1) is 16.9. The molecule has 0 atom stereocenters. The molecule has 0 saturated carbocycles. The van der Waals surface area contributed by atoms with Gasteiger partial charge in [0, 0.05) is 22.5 Å². The molecular weight excluding hydrogens is 370 g/mol. The molecule has 0 aliphatic carbocycles. The number of halogens is 1. The van der Waals surface area contributed by atoms with Gasteiger partial charge in [0.15, 0.2) is 5.82 Å². The summed E-state index contributed by atoms with van der Waals surface area (Å²) >= 11 is 7.78. The number of nitrogens with zero attached hydrogens (tertiary/aromatic N) is 5. The van der Waals surface area contributed by atoms with Crippen LogP contribution in [0.3, 0.4) is 0 Å². The molecule has 1 aliphatic rings. The van der Waals surface area contributed by atoms with E-state index in [9.17, 15) is 0 Å². The first-order chi connectivity index (χ1) is 12.7. The van der Waals surface area contributed by atoms with E-state index < -0.39 is 0 Å². The molecule has 4 rings (SSSR count). The lowest BCUT2D eigenvalue weighted by Gasteiger charge is -2.22. The van der Waals surface area contributed by atoms with Crippen molar-refractivity contribution in [3.05, 3.63) is 64.9 Å². The Morgan fingerprint density at radius 3 is 2.88 bits per heavy atom. The molecule has 0 N–H and O–H groups in total. The Morgan fingerprint density at radius 1 is 1.15 bits per heavy atom. The Kier molecular flexibility index (Phi) is 4.81. The third-order valence-electron chi connectivity index (χ3n) is 3.99. The van der Waals surface area contributed by atoms with E-state index >= 15 is 0 Å². The molecule has 2 aromatic carbocycles. The Bertz CT molecular complexity index is 958. The number of benzene rings is 2. The summed E-state index contributed by atoms with van der Waals surface area (Å²) < 4.78 is 7.06. The van der Waals surface area contributed by atoms with Crippen molar-refractivity contribution in [3.8, 4) is 5.75 Å². The summed E-state index contributed by atoms with van der Waals surface area (Å²) in [6, 6.07) is 15.6. The minimum Gasteiger partial charge on any atom is -0.497 e. The van der Waals surface area contributed by atoms with E-state index in [0.29, 0.717) is 12.3 Å². The number of hydrogen-bond acceptors (Lipinski definition) is 6. The zero-order valence-electron chi connectivity index (χ0n) is 14.0. The average molecular weight is 386 g/mol. The van der Waals surface area contributed by atoms with Crippen LogP contribution < -0.4 is 9.64 Å². The molecule has 0 fully saturated rings. The quantitative estimate of drug-likeness (QED) is 0.620. The standard InChI is InChI=1S/C18H16ClN5OS/c1-25-15-7-4-6-14(9-15)23-10-17-21-22-18(24(17)20-12-23)26-11-13-5-2-3-8-16(13)19/h2-9,12H,10-11H2,1H3. The van der Waals surface area contributed by atoms with E-state index in [1.54, 1.807) is 29.9 Å². The maximum atomic E-state index is 6.22. The Balaban J connectivity index is 1.50. The van der Waals surface area contributed by atoms with Gasteiger partial charge >= 0.3 is 0 Å².